The molecule has 0 radical (unpaired) electrons. The van der Waals surface area contributed by atoms with Crippen LogP contribution in [0.25, 0.3) is 11.1 Å². The fourth-order valence-electron chi connectivity index (χ4n) is 4.50. The molecular weight excluding hydrogens is 420 g/mol. The van der Waals surface area contributed by atoms with Gasteiger partial charge in [0.25, 0.3) is 0 Å². The van der Waals surface area contributed by atoms with Crippen molar-refractivity contribution in [1.82, 2.24) is 9.88 Å². The molecular formula is C26H30N2O3S. The van der Waals surface area contributed by atoms with E-state index in [1.807, 2.05) is 30.1 Å². The number of aromatic amines is 1. The zero-order chi connectivity index (χ0) is 22.5. The molecule has 1 fully saturated rings. The molecule has 5 nitrogen and oxygen atoms in total. The number of hydrogen-bond donors (Lipinski definition) is 2. The van der Waals surface area contributed by atoms with Crippen molar-refractivity contribution < 1.29 is 9.90 Å². The minimum atomic E-state index is -0.243. The van der Waals surface area contributed by atoms with E-state index in [9.17, 15) is 14.7 Å². The van der Waals surface area contributed by atoms with Gasteiger partial charge in [-0.2, -0.15) is 0 Å². The summed E-state index contributed by atoms with van der Waals surface area (Å²) in [7, 11) is 1.89. The summed E-state index contributed by atoms with van der Waals surface area (Å²) in [4.78, 5) is 28.6. The highest BCUT2D eigenvalue weighted by molar-refractivity contribution is 7.09. The van der Waals surface area contributed by atoms with Gasteiger partial charge < -0.3 is 10.0 Å². The Bertz CT molecular complexity index is 1110. The fourth-order valence-corrected chi connectivity index (χ4v) is 5.26. The van der Waals surface area contributed by atoms with Gasteiger partial charge in [-0.3, -0.25) is 14.6 Å². The van der Waals surface area contributed by atoms with Crippen LogP contribution in [0, 0.1) is 5.92 Å². The van der Waals surface area contributed by atoms with E-state index in [0.29, 0.717) is 24.3 Å². The number of thiazole rings is 1. The number of nitrogens with one attached hydrogen (secondary N) is 1. The van der Waals surface area contributed by atoms with Gasteiger partial charge in [0.05, 0.1) is 4.88 Å². The maximum atomic E-state index is 12.6. The molecule has 6 heteroatoms. The number of aromatic nitrogens is 1. The second-order valence-corrected chi connectivity index (χ2v) is 9.87. The van der Waals surface area contributed by atoms with Gasteiger partial charge in [-0.1, -0.05) is 79.5 Å². The largest absolute Gasteiger partial charge is 0.494 e. The number of hydrogen-bond acceptors (Lipinski definition) is 4. The quantitative estimate of drug-likeness (QED) is 0.487. The third-order valence-corrected chi connectivity index (χ3v) is 7.24. The first-order valence-corrected chi connectivity index (χ1v) is 12.1. The molecule has 0 unspecified atom stereocenters. The number of benzene rings is 2. The van der Waals surface area contributed by atoms with Crippen LogP contribution in [0.2, 0.25) is 0 Å². The smallest absolute Gasteiger partial charge is 0.307 e. The molecule has 32 heavy (non-hydrogen) atoms. The fraction of sp³-hybridized carbons (Fsp3) is 0.385. The predicted molar refractivity (Wildman–Crippen MR) is 129 cm³/mol. The van der Waals surface area contributed by atoms with E-state index >= 15 is 0 Å². The summed E-state index contributed by atoms with van der Waals surface area (Å²) in [5.41, 5.74) is 4.35. The molecule has 2 aromatic carbocycles. The van der Waals surface area contributed by atoms with E-state index in [4.69, 9.17) is 0 Å². The SMILES string of the molecule is CN(Cc1cccc(-c2ccc(Cc3sc(=O)[nH]c3O)cc2)c1)C(=O)CCC1CCCC1. The van der Waals surface area contributed by atoms with Crippen molar-refractivity contribution in [3.63, 3.8) is 0 Å². The van der Waals surface area contributed by atoms with Gasteiger partial charge in [0.15, 0.2) is 0 Å². The number of aromatic hydroxyl groups is 1. The van der Waals surface area contributed by atoms with Crippen molar-refractivity contribution in [1.29, 1.82) is 0 Å². The number of carbonyl (C=O) groups is 1. The van der Waals surface area contributed by atoms with Gasteiger partial charge in [0.2, 0.25) is 11.8 Å². The zero-order valence-corrected chi connectivity index (χ0v) is 19.3. The molecule has 3 aromatic rings. The lowest BCUT2D eigenvalue weighted by Gasteiger charge is -2.19. The summed E-state index contributed by atoms with van der Waals surface area (Å²) >= 11 is 1.04. The van der Waals surface area contributed by atoms with E-state index in [1.165, 1.54) is 25.7 Å². The van der Waals surface area contributed by atoms with E-state index < -0.39 is 0 Å². The summed E-state index contributed by atoms with van der Waals surface area (Å²) in [6, 6.07) is 16.5. The van der Waals surface area contributed by atoms with E-state index in [-0.39, 0.29) is 16.7 Å². The van der Waals surface area contributed by atoms with Gasteiger partial charge in [0.1, 0.15) is 0 Å². The van der Waals surface area contributed by atoms with Crippen LogP contribution in [0.15, 0.2) is 53.3 Å². The molecule has 0 saturated heterocycles. The van der Waals surface area contributed by atoms with Crippen molar-refractivity contribution in [3.05, 3.63) is 74.2 Å². The normalized spacial score (nSPS) is 14.0. The Morgan fingerprint density at radius 1 is 1.09 bits per heavy atom. The number of rotatable bonds is 8. The molecule has 1 heterocycles. The van der Waals surface area contributed by atoms with Crippen LogP contribution < -0.4 is 4.87 Å². The lowest BCUT2D eigenvalue weighted by atomic mass is 10.00. The molecule has 0 bridgehead atoms. The Labute approximate surface area is 192 Å². The summed E-state index contributed by atoms with van der Waals surface area (Å²) in [6.07, 6.45) is 7.39. The minimum Gasteiger partial charge on any atom is -0.494 e. The highest BCUT2D eigenvalue weighted by Crippen LogP contribution is 2.29. The third-order valence-electron chi connectivity index (χ3n) is 6.37. The monoisotopic (exact) mass is 450 g/mol. The Kier molecular flexibility index (Phi) is 7.10. The summed E-state index contributed by atoms with van der Waals surface area (Å²) < 4.78 is 0. The van der Waals surface area contributed by atoms with Crippen LogP contribution in [-0.4, -0.2) is 27.9 Å². The zero-order valence-electron chi connectivity index (χ0n) is 18.5. The van der Waals surface area contributed by atoms with E-state index in [2.05, 4.69) is 35.3 Å². The highest BCUT2D eigenvalue weighted by Gasteiger charge is 2.18. The molecule has 4 rings (SSSR count). The third kappa shape index (κ3) is 5.68. The molecule has 1 aliphatic carbocycles. The summed E-state index contributed by atoms with van der Waals surface area (Å²) in [6.45, 7) is 0.612. The van der Waals surface area contributed by atoms with Gasteiger partial charge in [-0.15, -0.1) is 0 Å². The van der Waals surface area contributed by atoms with Crippen LogP contribution in [0.1, 0.15) is 54.5 Å². The average molecular weight is 451 g/mol. The van der Waals surface area contributed by atoms with Crippen molar-refractivity contribution in [2.45, 2.75) is 51.5 Å². The second kappa shape index (κ2) is 10.2. The molecule has 0 atom stereocenters. The summed E-state index contributed by atoms with van der Waals surface area (Å²) in [5.74, 6) is 0.920. The molecule has 2 N–H and O–H groups in total. The van der Waals surface area contributed by atoms with Crippen molar-refractivity contribution in [2.24, 2.45) is 5.92 Å². The number of amides is 1. The van der Waals surface area contributed by atoms with Crippen LogP contribution in [0.4, 0.5) is 0 Å². The van der Waals surface area contributed by atoms with Crippen LogP contribution in [0.3, 0.4) is 0 Å². The second-order valence-electron chi connectivity index (χ2n) is 8.80. The molecule has 1 amide bonds. The molecule has 0 aliphatic heterocycles. The van der Waals surface area contributed by atoms with Crippen molar-refractivity contribution >= 4 is 17.2 Å². The van der Waals surface area contributed by atoms with Gasteiger partial charge in [-0.25, -0.2) is 0 Å². The topological polar surface area (TPSA) is 73.4 Å². The molecule has 1 saturated carbocycles. The Balaban J connectivity index is 1.37. The standard InChI is InChI=1S/C26H30N2O3S/c1-28(24(29)14-11-18-5-2-3-6-18)17-20-7-4-8-22(15-20)21-12-9-19(10-13-21)16-23-25(30)27-26(31)32-23/h4,7-10,12-13,15,18,30H,2-3,5-6,11,14,16-17H2,1H3,(H,27,31). The lowest BCUT2D eigenvalue weighted by molar-refractivity contribution is -0.130. The molecule has 1 aliphatic rings. The Morgan fingerprint density at radius 3 is 2.53 bits per heavy atom. The summed E-state index contributed by atoms with van der Waals surface area (Å²) in [5, 5.41) is 9.78. The maximum absolute atomic E-state index is 12.6. The van der Waals surface area contributed by atoms with Crippen LogP contribution in [0.5, 0.6) is 5.88 Å². The molecule has 1 aromatic heterocycles. The Hall–Kier alpha value is -2.86. The van der Waals surface area contributed by atoms with Crippen molar-refractivity contribution in [2.75, 3.05) is 7.05 Å². The number of carbonyl (C=O) groups excluding carboxylic acids is 1. The van der Waals surface area contributed by atoms with Crippen LogP contribution >= 0.6 is 11.3 Å². The molecule has 0 spiro atoms. The van der Waals surface area contributed by atoms with Gasteiger partial charge >= 0.3 is 4.87 Å². The average Bonchev–Trinajstić information content (AvgIpc) is 3.42. The van der Waals surface area contributed by atoms with Gasteiger partial charge in [-0.05, 0) is 40.7 Å². The predicted octanol–water partition coefficient (Wildman–Crippen LogP) is 5.33. The van der Waals surface area contributed by atoms with Crippen molar-refractivity contribution in [3.8, 4) is 17.0 Å². The van der Waals surface area contributed by atoms with E-state index in [0.717, 1.165) is 45.9 Å². The lowest BCUT2D eigenvalue weighted by Crippen LogP contribution is -2.26. The van der Waals surface area contributed by atoms with E-state index in [1.54, 1.807) is 0 Å². The Morgan fingerprint density at radius 2 is 1.84 bits per heavy atom. The van der Waals surface area contributed by atoms with Crippen LogP contribution in [-0.2, 0) is 17.8 Å². The highest BCUT2D eigenvalue weighted by atomic mass is 32.1. The first-order valence-electron chi connectivity index (χ1n) is 11.3. The number of H-pyrrole nitrogens is 1. The number of nitrogens with zero attached hydrogens (tertiary/aromatic N) is 1. The van der Waals surface area contributed by atoms with Gasteiger partial charge in [0, 0.05) is 26.4 Å². The molecule has 168 valence electrons. The minimum absolute atomic E-state index is 0.0429. The maximum Gasteiger partial charge on any atom is 0.307 e. The first kappa shape index (κ1) is 22.3. The first-order chi connectivity index (χ1) is 15.5.